The number of hydrogen-bond acceptors (Lipinski definition) is 3. The highest BCUT2D eigenvalue weighted by atomic mass is 16.2. The monoisotopic (exact) mass is 375 g/mol. The number of anilines is 1. The summed E-state index contributed by atoms with van der Waals surface area (Å²) < 4.78 is 0. The van der Waals surface area contributed by atoms with Crippen LogP contribution >= 0.6 is 0 Å². The molecule has 4 amide bonds. The second-order valence-electron chi connectivity index (χ2n) is 6.60. The lowest BCUT2D eigenvalue weighted by Gasteiger charge is -2.12. The first-order valence-corrected chi connectivity index (χ1v) is 8.87. The fraction of sp³-hybridized carbons (Fsp3) is 0.136. The van der Waals surface area contributed by atoms with Crippen molar-refractivity contribution in [1.29, 1.82) is 0 Å². The van der Waals surface area contributed by atoms with Crippen molar-refractivity contribution in [3.05, 3.63) is 83.1 Å². The molecule has 0 bridgehead atoms. The number of imide groups is 1. The number of carbonyl (C=O) groups is 3. The van der Waals surface area contributed by atoms with Gasteiger partial charge in [0.2, 0.25) is 5.91 Å². The zero-order valence-electron chi connectivity index (χ0n) is 15.7. The van der Waals surface area contributed by atoms with E-state index in [-0.39, 0.29) is 12.2 Å². The minimum absolute atomic E-state index is 0.151. The Hall–Kier alpha value is -3.67. The summed E-state index contributed by atoms with van der Waals surface area (Å²) in [4.78, 5) is 37.8. The van der Waals surface area contributed by atoms with Crippen LogP contribution < -0.4 is 10.6 Å². The molecule has 0 spiro atoms. The third-order valence-electron chi connectivity index (χ3n) is 4.13. The molecule has 0 atom stereocenters. The van der Waals surface area contributed by atoms with Gasteiger partial charge in [0.1, 0.15) is 12.2 Å². The van der Waals surface area contributed by atoms with Gasteiger partial charge in [0.05, 0.1) is 0 Å². The van der Waals surface area contributed by atoms with Gasteiger partial charge in [0.15, 0.2) is 0 Å². The number of nitrogens with one attached hydrogen (secondary N) is 2. The number of rotatable bonds is 5. The number of urea groups is 1. The van der Waals surface area contributed by atoms with Crippen LogP contribution in [0.25, 0.3) is 6.08 Å². The summed E-state index contributed by atoms with van der Waals surface area (Å²) in [6.07, 6.45) is 3.51. The predicted molar refractivity (Wildman–Crippen MR) is 108 cm³/mol. The highest BCUT2D eigenvalue weighted by Gasteiger charge is 2.34. The number of benzene rings is 2. The Labute approximate surface area is 163 Å². The maximum Gasteiger partial charge on any atom is 0.329 e. The highest BCUT2D eigenvalue weighted by molar-refractivity contribution is 6.14. The van der Waals surface area contributed by atoms with Gasteiger partial charge >= 0.3 is 6.03 Å². The van der Waals surface area contributed by atoms with Crippen molar-refractivity contribution in [3.63, 3.8) is 0 Å². The van der Waals surface area contributed by atoms with E-state index in [9.17, 15) is 14.4 Å². The van der Waals surface area contributed by atoms with Crippen LogP contribution in [0.3, 0.4) is 0 Å². The van der Waals surface area contributed by atoms with Crippen LogP contribution in [0.4, 0.5) is 10.5 Å². The van der Waals surface area contributed by atoms with E-state index in [1.54, 1.807) is 12.1 Å². The van der Waals surface area contributed by atoms with Gasteiger partial charge in [-0.15, -0.1) is 0 Å². The van der Waals surface area contributed by atoms with Crippen molar-refractivity contribution in [2.75, 3.05) is 11.9 Å². The van der Waals surface area contributed by atoms with E-state index in [1.165, 1.54) is 0 Å². The Morgan fingerprint density at radius 1 is 1.11 bits per heavy atom. The number of hydrogen-bond donors (Lipinski definition) is 2. The van der Waals surface area contributed by atoms with Gasteiger partial charge in [-0.05, 0) is 48.8 Å². The maximum atomic E-state index is 12.5. The molecule has 2 N–H and O–H groups in total. The Bertz CT molecular complexity index is 978. The van der Waals surface area contributed by atoms with Crippen LogP contribution in [0, 0.1) is 6.92 Å². The van der Waals surface area contributed by atoms with Gasteiger partial charge in [0.25, 0.3) is 5.91 Å². The van der Waals surface area contributed by atoms with Crippen molar-refractivity contribution in [3.8, 4) is 0 Å². The van der Waals surface area contributed by atoms with Gasteiger partial charge in [-0.3, -0.25) is 9.59 Å². The number of allylic oxidation sites excluding steroid dienone is 2. The molecule has 0 aliphatic carbocycles. The molecule has 0 saturated carbocycles. The van der Waals surface area contributed by atoms with E-state index >= 15 is 0 Å². The minimum Gasteiger partial charge on any atom is -0.325 e. The highest BCUT2D eigenvalue weighted by Crippen LogP contribution is 2.15. The van der Waals surface area contributed by atoms with E-state index in [4.69, 9.17) is 0 Å². The normalized spacial score (nSPS) is 15.7. The quantitative estimate of drug-likeness (QED) is 0.620. The minimum atomic E-state index is -0.608. The SMILES string of the molecule is CC(=Cc1ccccc1)C=C1NC(=O)N(CC(=O)Nc2cccc(C)c2)C1=O. The molecule has 1 fully saturated rings. The molecule has 0 radical (unpaired) electrons. The lowest BCUT2D eigenvalue weighted by Crippen LogP contribution is -2.38. The van der Waals surface area contributed by atoms with E-state index in [1.807, 2.05) is 68.5 Å². The summed E-state index contributed by atoms with van der Waals surface area (Å²) in [6.45, 7) is 3.40. The van der Waals surface area contributed by atoms with Crippen molar-refractivity contribution in [1.82, 2.24) is 10.2 Å². The Kier molecular flexibility index (Phi) is 5.69. The number of amides is 4. The summed E-state index contributed by atoms with van der Waals surface area (Å²) in [5.41, 5.74) is 3.56. The predicted octanol–water partition coefficient (Wildman–Crippen LogP) is 3.47. The van der Waals surface area contributed by atoms with Crippen molar-refractivity contribution in [2.24, 2.45) is 0 Å². The lowest BCUT2D eigenvalue weighted by molar-refractivity contribution is -0.127. The average molecular weight is 375 g/mol. The Morgan fingerprint density at radius 2 is 1.86 bits per heavy atom. The third-order valence-corrected chi connectivity index (χ3v) is 4.13. The smallest absolute Gasteiger partial charge is 0.325 e. The molecule has 2 aromatic rings. The summed E-state index contributed by atoms with van der Waals surface area (Å²) in [5.74, 6) is -0.961. The fourth-order valence-corrected chi connectivity index (χ4v) is 2.86. The fourth-order valence-electron chi connectivity index (χ4n) is 2.86. The van der Waals surface area contributed by atoms with Crippen LogP contribution in [0.15, 0.2) is 71.9 Å². The van der Waals surface area contributed by atoms with E-state index in [0.29, 0.717) is 5.69 Å². The number of aryl methyl sites for hydroxylation is 1. The Balaban J connectivity index is 1.67. The van der Waals surface area contributed by atoms with Crippen molar-refractivity contribution in [2.45, 2.75) is 13.8 Å². The van der Waals surface area contributed by atoms with Crippen LogP contribution in [0.5, 0.6) is 0 Å². The third kappa shape index (κ3) is 4.73. The zero-order valence-corrected chi connectivity index (χ0v) is 15.7. The van der Waals surface area contributed by atoms with Gasteiger partial charge in [-0.25, -0.2) is 9.69 Å². The van der Waals surface area contributed by atoms with Gasteiger partial charge in [-0.2, -0.15) is 0 Å². The first-order chi connectivity index (χ1) is 13.4. The second-order valence-corrected chi connectivity index (χ2v) is 6.60. The van der Waals surface area contributed by atoms with Gasteiger partial charge < -0.3 is 10.6 Å². The molecule has 6 nitrogen and oxygen atoms in total. The summed E-state index contributed by atoms with van der Waals surface area (Å²) >= 11 is 0. The summed E-state index contributed by atoms with van der Waals surface area (Å²) in [6, 6.07) is 16.3. The van der Waals surface area contributed by atoms with Crippen molar-refractivity contribution < 1.29 is 14.4 Å². The van der Waals surface area contributed by atoms with E-state index < -0.39 is 17.8 Å². The summed E-state index contributed by atoms with van der Waals surface area (Å²) in [5, 5.41) is 5.22. The molecular weight excluding hydrogens is 354 g/mol. The molecule has 1 aliphatic heterocycles. The van der Waals surface area contributed by atoms with E-state index in [0.717, 1.165) is 21.6 Å². The largest absolute Gasteiger partial charge is 0.329 e. The van der Waals surface area contributed by atoms with Gasteiger partial charge in [-0.1, -0.05) is 48.5 Å². The molecule has 0 aromatic heterocycles. The lowest BCUT2D eigenvalue weighted by atomic mass is 10.1. The van der Waals surface area contributed by atoms with Crippen LogP contribution in [0.1, 0.15) is 18.1 Å². The average Bonchev–Trinajstić information content (AvgIpc) is 2.90. The van der Waals surface area contributed by atoms with Crippen LogP contribution in [-0.4, -0.2) is 29.3 Å². The molecule has 1 saturated heterocycles. The zero-order chi connectivity index (χ0) is 20.1. The van der Waals surface area contributed by atoms with Gasteiger partial charge in [0, 0.05) is 5.69 Å². The molecule has 28 heavy (non-hydrogen) atoms. The van der Waals surface area contributed by atoms with Crippen LogP contribution in [-0.2, 0) is 9.59 Å². The second kappa shape index (κ2) is 8.35. The summed E-state index contributed by atoms with van der Waals surface area (Å²) in [7, 11) is 0. The topological polar surface area (TPSA) is 78.5 Å². The Morgan fingerprint density at radius 3 is 2.57 bits per heavy atom. The van der Waals surface area contributed by atoms with Crippen molar-refractivity contribution >= 4 is 29.6 Å². The number of nitrogens with zero attached hydrogens (tertiary/aromatic N) is 1. The molecule has 6 heteroatoms. The molecule has 1 heterocycles. The molecule has 1 aliphatic rings. The van der Waals surface area contributed by atoms with E-state index in [2.05, 4.69) is 10.6 Å². The molecule has 0 unspecified atom stereocenters. The number of carbonyl (C=O) groups excluding carboxylic acids is 3. The molecule has 2 aromatic carbocycles. The molecule has 3 rings (SSSR count). The molecular formula is C22H21N3O3. The molecule has 142 valence electrons. The first-order valence-electron chi connectivity index (χ1n) is 8.87. The standard InChI is InChI=1S/C22H21N3O3/c1-15-7-6-10-18(12-15)23-20(26)14-25-21(27)19(24-22(25)28)13-16(2)11-17-8-4-3-5-9-17/h3-13H,14H2,1-2H3,(H,23,26)(H,24,28). The first kappa shape index (κ1) is 19.1. The maximum absolute atomic E-state index is 12.5. The van der Waals surface area contributed by atoms with Crippen LogP contribution in [0.2, 0.25) is 0 Å².